The first kappa shape index (κ1) is 12.6. The van der Waals surface area contributed by atoms with Gasteiger partial charge < -0.3 is 15.5 Å². The fraction of sp³-hybridized carbons (Fsp3) is 0.0833. The summed E-state index contributed by atoms with van der Waals surface area (Å²) in [5.41, 5.74) is 0.774. The van der Waals surface area contributed by atoms with Crippen molar-refractivity contribution in [2.45, 2.75) is 6.92 Å². The van der Waals surface area contributed by atoms with Crippen LogP contribution in [0.4, 0.5) is 5.82 Å². The van der Waals surface area contributed by atoms with Crippen LogP contribution in [0.3, 0.4) is 0 Å². The maximum Gasteiger partial charge on any atom is 0.353 e. The molecule has 7 nitrogen and oxygen atoms in total. The summed E-state index contributed by atoms with van der Waals surface area (Å²) in [7, 11) is 0. The van der Waals surface area contributed by atoms with E-state index in [2.05, 4.69) is 15.5 Å². The average Bonchev–Trinajstić information content (AvgIpc) is 2.77. The number of carboxylic acid groups (broad SMARTS) is 1. The molecule has 19 heavy (non-hydrogen) atoms. The molecule has 2 aromatic rings. The molecule has 0 spiro atoms. The fourth-order valence-electron chi connectivity index (χ4n) is 1.51. The van der Waals surface area contributed by atoms with Crippen LogP contribution < -0.4 is 5.32 Å². The van der Waals surface area contributed by atoms with E-state index < -0.39 is 11.9 Å². The van der Waals surface area contributed by atoms with E-state index in [-0.39, 0.29) is 22.8 Å². The number of carbonyl (C=O) groups excluding carboxylic acids is 1. The second kappa shape index (κ2) is 4.81. The van der Waals surface area contributed by atoms with Crippen molar-refractivity contribution in [3.63, 3.8) is 0 Å². The summed E-state index contributed by atoms with van der Waals surface area (Å²) in [6.07, 6.45) is 0. The summed E-state index contributed by atoms with van der Waals surface area (Å²) in [6, 6.07) is 5.81. The highest BCUT2D eigenvalue weighted by molar-refractivity contribution is 6.06. The number of nitrogens with one attached hydrogen (secondary N) is 2. The second-order valence-electron chi connectivity index (χ2n) is 3.95. The third-order valence-electron chi connectivity index (χ3n) is 2.45. The Hall–Kier alpha value is -2.83. The molecule has 0 atom stereocenters. The lowest BCUT2D eigenvalue weighted by atomic mass is 10.1. The van der Waals surface area contributed by atoms with Crippen molar-refractivity contribution in [1.82, 2.24) is 10.2 Å². The standard InChI is InChI=1S/C12H11N3O4/c1-6-2-3-7(9(16)4-6)11(17)13-10-5-8(12(18)19)14-15-10/h2-5,16H,1H3,(H,18,19)(H2,13,14,15,17). The molecular formula is C12H11N3O4. The first-order valence-electron chi connectivity index (χ1n) is 5.37. The van der Waals surface area contributed by atoms with E-state index in [1.165, 1.54) is 18.2 Å². The van der Waals surface area contributed by atoms with E-state index in [1.807, 2.05) is 0 Å². The Morgan fingerprint density at radius 2 is 2.05 bits per heavy atom. The van der Waals surface area contributed by atoms with Crippen molar-refractivity contribution in [3.05, 3.63) is 41.1 Å². The molecular weight excluding hydrogens is 250 g/mol. The topological polar surface area (TPSA) is 115 Å². The van der Waals surface area contributed by atoms with E-state index in [4.69, 9.17) is 5.11 Å². The largest absolute Gasteiger partial charge is 0.507 e. The lowest BCUT2D eigenvalue weighted by Crippen LogP contribution is -2.12. The van der Waals surface area contributed by atoms with Gasteiger partial charge in [-0.05, 0) is 24.6 Å². The Morgan fingerprint density at radius 1 is 1.32 bits per heavy atom. The van der Waals surface area contributed by atoms with Crippen LogP contribution in [-0.2, 0) is 0 Å². The van der Waals surface area contributed by atoms with Crippen molar-refractivity contribution in [2.24, 2.45) is 0 Å². The molecule has 98 valence electrons. The van der Waals surface area contributed by atoms with Crippen molar-refractivity contribution in [3.8, 4) is 5.75 Å². The van der Waals surface area contributed by atoms with E-state index >= 15 is 0 Å². The monoisotopic (exact) mass is 261 g/mol. The number of rotatable bonds is 3. The molecule has 0 aliphatic rings. The number of hydrogen-bond donors (Lipinski definition) is 4. The van der Waals surface area contributed by atoms with E-state index in [9.17, 15) is 14.7 Å². The van der Waals surface area contributed by atoms with Gasteiger partial charge in [0.25, 0.3) is 5.91 Å². The Balaban J connectivity index is 2.18. The summed E-state index contributed by atoms with van der Waals surface area (Å²) in [6.45, 7) is 1.79. The number of nitrogens with zero attached hydrogens (tertiary/aromatic N) is 1. The van der Waals surface area contributed by atoms with Gasteiger partial charge in [-0.25, -0.2) is 4.79 Å². The Bertz CT molecular complexity index is 648. The SMILES string of the molecule is Cc1ccc(C(=O)Nc2cc(C(=O)O)[nH]n2)c(O)c1. The molecule has 0 aliphatic heterocycles. The zero-order valence-electron chi connectivity index (χ0n) is 9.97. The number of phenols is 1. The number of aryl methyl sites for hydroxylation is 1. The summed E-state index contributed by atoms with van der Waals surface area (Å²) < 4.78 is 0. The van der Waals surface area contributed by atoms with E-state index in [0.29, 0.717) is 0 Å². The Morgan fingerprint density at radius 3 is 2.63 bits per heavy atom. The maximum absolute atomic E-state index is 11.9. The van der Waals surface area contributed by atoms with Crippen molar-refractivity contribution in [2.75, 3.05) is 5.32 Å². The molecule has 0 saturated heterocycles. The number of aromatic carboxylic acids is 1. The van der Waals surface area contributed by atoms with E-state index in [0.717, 1.165) is 5.56 Å². The van der Waals surface area contributed by atoms with Crippen LogP contribution in [0.5, 0.6) is 5.75 Å². The van der Waals surface area contributed by atoms with Crippen molar-refractivity contribution < 1.29 is 19.8 Å². The zero-order chi connectivity index (χ0) is 14.0. The number of aromatic amines is 1. The molecule has 1 aromatic carbocycles. The highest BCUT2D eigenvalue weighted by Gasteiger charge is 2.14. The first-order chi connectivity index (χ1) is 8.97. The predicted octanol–water partition coefficient (Wildman–Crippen LogP) is 1.37. The van der Waals surface area contributed by atoms with Gasteiger partial charge in [-0.2, -0.15) is 5.10 Å². The predicted molar refractivity (Wildman–Crippen MR) is 66.3 cm³/mol. The van der Waals surface area contributed by atoms with Gasteiger partial charge in [-0.1, -0.05) is 6.07 Å². The van der Waals surface area contributed by atoms with Gasteiger partial charge in [0.2, 0.25) is 0 Å². The molecule has 7 heteroatoms. The highest BCUT2D eigenvalue weighted by Crippen LogP contribution is 2.19. The quantitative estimate of drug-likeness (QED) is 0.666. The summed E-state index contributed by atoms with van der Waals surface area (Å²) >= 11 is 0. The number of benzene rings is 1. The van der Waals surface area contributed by atoms with E-state index in [1.54, 1.807) is 13.0 Å². The number of H-pyrrole nitrogens is 1. The molecule has 0 unspecified atom stereocenters. The number of hydrogen-bond acceptors (Lipinski definition) is 4. The molecule has 1 aromatic heterocycles. The fourth-order valence-corrected chi connectivity index (χ4v) is 1.51. The van der Waals surface area contributed by atoms with Gasteiger partial charge in [0, 0.05) is 6.07 Å². The van der Waals surface area contributed by atoms with Gasteiger partial charge in [0.1, 0.15) is 11.4 Å². The third-order valence-corrected chi connectivity index (χ3v) is 2.45. The lowest BCUT2D eigenvalue weighted by Gasteiger charge is -2.04. The summed E-state index contributed by atoms with van der Waals surface area (Å²) in [5.74, 6) is -1.82. The normalized spacial score (nSPS) is 10.2. The number of aromatic hydroxyl groups is 1. The molecule has 0 bridgehead atoms. The minimum absolute atomic E-state index is 0.0716. The first-order valence-corrected chi connectivity index (χ1v) is 5.37. The smallest absolute Gasteiger partial charge is 0.353 e. The molecule has 0 saturated carbocycles. The van der Waals surface area contributed by atoms with Crippen LogP contribution in [0.1, 0.15) is 26.4 Å². The summed E-state index contributed by atoms with van der Waals surface area (Å²) in [4.78, 5) is 22.5. The zero-order valence-corrected chi connectivity index (χ0v) is 9.97. The number of amides is 1. The van der Waals surface area contributed by atoms with Crippen LogP contribution in [-0.4, -0.2) is 32.3 Å². The van der Waals surface area contributed by atoms with Gasteiger partial charge in [0.15, 0.2) is 5.82 Å². The molecule has 0 fully saturated rings. The van der Waals surface area contributed by atoms with Gasteiger partial charge in [-0.3, -0.25) is 9.89 Å². The molecule has 0 radical (unpaired) electrons. The van der Waals surface area contributed by atoms with Crippen LogP contribution in [0.2, 0.25) is 0 Å². The Labute approximate surface area is 107 Å². The summed E-state index contributed by atoms with van der Waals surface area (Å²) in [5, 5.41) is 26.6. The van der Waals surface area contributed by atoms with Gasteiger partial charge in [0.05, 0.1) is 5.56 Å². The highest BCUT2D eigenvalue weighted by atomic mass is 16.4. The Kier molecular flexibility index (Phi) is 3.19. The number of anilines is 1. The molecule has 1 heterocycles. The minimum atomic E-state index is -1.17. The van der Waals surface area contributed by atoms with Gasteiger partial charge in [-0.15, -0.1) is 0 Å². The number of aromatic nitrogens is 2. The molecule has 2 rings (SSSR count). The molecule has 1 amide bonds. The number of phenolic OH excluding ortho intramolecular Hbond substituents is 1. The number of carboxylic acids is 1. The van der Waals surface area contributed by atoms with Crippen LogP contribution in [0.25, 0.3) is 0 Å². The maximum atomic E-state index is 11.9. The molecule has 4 N–H and O–H groups in total. The second-order valence-corrected chi connectivity index (χ2v) is 3.95. The van der Waals surface area contributed by atoms with Crippen LogP contribution >= 0.6 is 0 Å². The molecule has 0 aliphatic carbocycles. The lowest BCUT2D eigenvalue weighted by molar-refractivity contribution is 0.0690. The van der Waals surface area contributed by atoms with Crippen LogP contribution in [0, 0.1) is 6.92 Å². The van der Waals surface area contributed by atoms with Crippen molar-refractivity contribution >= 4 is 17.7 Å². The third kappa shape index (κ3) is 2.71. The van der Waals surface area contributed by atoms with Gasteiger partial charge >= 0.3 is 5.97 Å². The number of carbonyl (C=O) groups is 2. The van der Waals surface area contributed by atoms with Crippen molar-refractivity contribution in [1.29, 1.82) is 0 Å². The van der Waals surface area contributed by atoms with Crippen LogP contribution in [0.15, 0.2) is 24.3 Å². The average molecular weight is 261 g/mol. The minimum Gasteiger partial charge on any atom is -0.507 e.